The molecule has 6 heteroatoms. The molecule has 1 fully saturated rings. The van der Waals surface area contributed by atoms with Crippen LogP contribution in [0.15, 0.2) is 10.3 Å². The topological polar surface area (TPSA) is 37.4 Å². The van der Waals surface area contributed by atoms with Crippen LogP contribution in [-0.2, 0) is 15.9 Å². The van der Waals surface area contributed by atoms with E-state index in [9.17, 15) is 8.42 Å². The molecule has 1 unspecified atom stereocenters. The molecule has 0 radical (unpaired) electrons. The number of sulfonamides is 1. The molecular weight excluding hydrogens is 302 g/mol. The first-order valence-electron chi connectivity index (χ1n) is 6.64. The van der Waals surface area contributed by atoms with Crippen molar-refractivity contribution in [3.05, 3.63) is 16.5 Å². The minimum absolute atomic E-state index is 0.379. The van der Waals surface area contributed by atoms with Crippen LogP contribution in [0, 0.1) is 12.8 Å². The fourth-order valence-electron chi connectivity index (χ4n) is 2.53. The van der Waals surface area contributed by atoms with Crippen LogP contribution in [0.1, 0.15) is 36.6 Å². The van der Waals surface area contributed by atoms with Gasteiger partial charge in [-0.2, -0.15) is 4.31 Å². The van der Waals surface area contributed by atoms with Crippen molar-refractivity contribution < 1.29 is 8.42 Å². The minimum Gasteiger partial charge on any atom is -0.206 e. The van der Waals surface area contributed by atoms with Gasteiger partial charge in [-0.25, -0.2) is 8.42 Å². The Bertz CT molecular complexity index is 539. The molecule has 1 saturated heterocycles. The predicted molar refractivity (Wildman–Crippen MR) is 80.4 cm³/mol. The molecule has 2 heterocycles. The molecule has 2 rings (SSSR count). The van der Waals surface area contributed by atoms with E-state index in [2.05, 4.69) is 6.92 Å². The number of halogens is 1. The second-order valence-corrected chi connectivity index (χ2v) is 8.68. The van der Waals surface area contributed by atoms with Crippen molar-refractivity contribution in [3.63, 3.8) is 0 Å². The van der Waals surface area contributed by atoms with Crippen molar-refractivity contribution in [2.24, 2.45) is 5.92 Å². The highest BCUT2D eigenvalue weighted by atomic mass is 35.5. The van der Waals surface area contributed by atoms with Crippen LogP contribution >= 0.6 is 22.9 Å². The normalized spacial score (nSPS) is 21.1. The molecule has 0 saturated carbocycles. The van der Waals surface area contributed by atoms with Crippen molar-refractivity contribution in [1.29, 1.82) is 0 Å². The summed E-state index contributed by atoms with van der Waals surface area (Å²) in [5, 5.41) is 0. The van der Waals surface area contributed by atoms with E-state index in [1.807, 2.05) is 6.92 Å². The van der Waals surface area contributed by atoms with E-state index in [-0.39, 0.29) is 0 Å². The van der Waals surface area contributed by atoms with E-state index in [0.29, 0.717) is 29.1 Å². The third kappa shape index (κ3) is 3.15. The first kappa shape index (κ1) is 15.3. The van der Waals surface area contributed by atoms with E-state index in [4.69, 9.17) is 11.6 Å². The Labute approximate surface area is 124 Å². The van der Waals surface area contributed by atoms with Crippen molar-refractivity contribution >= 4 is 33.0 Å². The second kappa shape index (κ2) is 6.12. The summed E-state index contributed by atoms with van der Waals surface area (Å²) in [4.78, 5) is 0.949. The fraction of sp³-hybridized carbons (Fsp3) is 0.692. The summed E-state index contributed by atoms with van der Waals surface area (Å²) in [6.45, 7) is 5.38. The zero-order valence-corrected chi connectivity index (χ0v) is 13.7. The van der Waals surface area contributed by atoms with Crippen LogP contribution in [0.3, 0.4) is 0 Å². The van der Waals surface area contributed by atoms with Gasteiger partial charge in [-0.15, -0.1) is 22.9 Å². The van der Waals surface area contributed by atoms with Gasteiger partial charge in [-0.05, 0) is 37.3 Å². The number of nitrogens with zero attached hydrogens (tertiary/aromatic N) is 1. The van der Waals surface area contributed by atoms with Gasteiger partial charge in [0.1, 0.15) is 4.21 Å². The Hall–Kier alpha value is -0.100. The Morgan fingerprint density at radius 3 is 2.84 bits per heavy atom. The Kier molecular flexibility index (Phi) is 4.93. The number of aryl methyl sites for hydroxylation is 1. The average molecular weight is 322 g/mol. The molecular formula is C13H20ClNO2S2. The molecule has 1 aromatic heterocycles. The first-order valence-corrected chi connectivity index (χ1v) is 9.43. The highest BCUT2D eigenvalue weighted by Gasteiger charge is 2.33. The predicted octanol–water partition coefficient (Wildman–Crippen LogP) is 3.61. The smallest absolute Gasteiger partial charge is 0.206 e. The van der Waals surface area contributed by atoms with E-state index >= 15 is 0 Å². The quantitative estimate of drug-likeness (QED) is 0.777. The molecule has 1 aliphatic rings. The lowest BCUT2D eigenvalue weighted by atomic mass is 10.0. The largest absolute Gasteiger partial charge is 0.252 e. The SMILES string of the molecule is CCCC1CCN(S(=O)(=O)c2cc(C)c(CCl)s2)C1. The Morgan fingerprint density at radius 2 is 2.26 bits per heavy atom. The maximum Gasteiger partial charge on any atom is 0.252 e. The van der Waals surface area contributed by atoms with Crippen LogP contribution in [0.5, 0.6) is 0 Å². The number of thiophene rings is 1. The third-order valence-electron chi connectivity index (χ3n) is 3.66. The Morgan fingerprint density at radius 1 is 1.53 bits per heavy atom. The summed E-state index contributed by atoms with van der Waals surface area (Å²) in [5.41, 5.74) is 0.975. The van der Waals surface area contributed by atoms with Crippen LogP contribution in [0.2, 0.25) is 0 Å². The van der Waals surface area contributed by atoms with Crippen molar-refractivity contribution in [2.45, 2.75) is 43.2 Å². The molecule has 0 spiro atoms. The Balaban J connectivity index is 2.18. The van der Waals surface area contributed by atoms with Crippen molar-refractivity contribution in [2.75, 3.05) is 13.1 Å². The molecule has 0 amide bonds. The zero-order valence-electron chi connectivity index (χ0n) is 11.4. The highest BCUT2D eigenvalue weighted by Crippen LogP contribution is 2.32. The van der Waals surface area contributed by atoms with Gasteiger partial charge in [-0.3, -0.25) is 0 Å². The van der Waals surface area contributed by atoms with Gasteiger partial charge >= 0.3 is 0 Å². The molecule has 0 N–H and O–H groups in total. The minimum atomic E-state index is -3.31. The van der Waals surface area contributed by atoms with Crippen LogP contribution in [0.4, 0.5) is 0 Å². The molecule has 0 aliphatic carbocycles. The average Bonchev–Trinajstić information content (AvgIpc) is 2.96. The number of hydrogen-bond acceptors (Lipinski definition) is 3. The van der Waals surface area contributed by atoms with E-state index in [1.54, 1.807) is 10.4 Å². The van der Waals surface area contributed by atoms with Gasteiger partial charge in [0.05, 0.1) is 5.88 Å². The summed E-state index contributed by atoms with van der Waals surface area (Å²) in [6, 6.07) is 1.75. The van der Waals surface area contributed by atoms with Crippen LogP contribution in [0.25, 0.3) is 0 Å². The zero-order chi connectivity index (χ0) is 14.0. The summed E-state index contributed by atoms with van der Waals surface area (Å²) in [7, 11) is -3.31. The maximum atomic E-state index is 12.6. The number of alkyl halides is 1. The first-order chi connectivity index (χ1) is 8.98. The summed E-state index contributed by atoms with van der Waals surface area (Å²) < 4.78 is 27.2. The van der Waals surface area contributed by atoms with E-state index in [0.717, 1.165) is 29.7 Å². The molecule has 1 aliphatic heterocycles. The van der Waals surface area contributed by atoms with E-state index in [1.165, 1.54) is 11.3 Å². The standard InChI is InChI=1S/C13H20ClNO2S2/c1-3-4-11-5-6-15(9-11)19(16,17)13-7-10(2)12(8-14)18-13/h7,11H,3-6,8-9H2,1-2H3. The molecule has 19 heavy (non-hydrogen) atoms. The van der Waals surface area contributed by atoms with Crippen LogP contribution in [-0.4, -0.2) is 25.8 Å². The lowest BCUT2D eigenvalue weighted by molar-refractivity contribution is 0.446. The molecule has 1 atom stereocenters. The third-order valence-corrected chi connectivity index (χ3v) is 7.64. The molecule has 0 aromatic carbocycles. The van der Waals surface area contributed by atoms with Gasteiger partial charge in [0.15, 0.2) is 0 Å². The summed E-state index contributed by atoms with van der Waals surface area (Å²) >= 11 is 7.13. The van der Waals surface area contributed by atoms with Gasteiger partial charge in [-0.1, -0.05) is 13.3 Å². The lowest BCUT2D eigenvalue weighted by Gasteiger charge is -2.15. The molecule has 0 bridgehead atoms. The molecule has 3 nitrogen and oxygen atoms in total. The van der Waals surface area contributed by atoms with Gasteiger partial charge in [0.2, 0.25) is 0 Å². The highest BCUT2D eigenvalue weighted by molar-refractivity contribution is 7.91. The van der Waals surface area contributed by atoms with Gasteiger partial charge < -0.3 is 0 Å². The van der Waals surface area contributed by atoms with E-state index < -0.39 is 10.0 Å². The monoisotopic (exact) mass is 321 g/mol. The lowest BCUT2D eigenvalue weighted by Crippen LogP contribution is -2.28. The number of rotatable bonds is 5. The molecule has 1 aromatic rings. The van der Waals surface area contributed by atoms with Crippen LogP contribution < -0.4 is 0 Å². The fourth-order valence-corrected chi connectivity index (χ4v) is 6.03. The van der Waals surface area contributed by atoms with Crippen molar-refractivity contribution in [1.82, 2.24) is 4.31 Å². The van der Waals surface area contributed by atoms with Crippen molar-refractivity contribution in [3.8, 4) is 0 Å². The van der Waals surface area contributed by atoms with Gasteiger partial charge in [0, 0.05) is 18.0 Å². The maximum absolute atomic E-state index is 12.6. The summed E-state index contributed by atoms with van der Waals surface area (Å²) in [5.74, 6) is 0.901. The summed E-state index contributed by atoms with van der Waals surface area (Å²) in [6.07, 6.45) is 3.22. The van der Waals surface area contributed by atoms with Gasteiger partial charge in [0.25, 0.3) is 10.0 Å². The number of hydrogen-bond donors (Lipinski definition) is 0. The molecule has 108 valence electrons. The second-order valence-electron chi connectivity index (χ2n) is 5.11.